The molecule has 0 aliphatic heterocycles. The van der Waals surface area contributed by atoms with E-state index in [1.54, 1.807) is 6.92 Å². The SMILES string of the molecule is Cc1cccc(C(C)C)c1NC(=O)NCC(C)CC(=O)O. The molecule has 1 rings (SSSR count). The minimum Gasteiger partial charge on any atom is -0.481 e. The second-order valence-corrected chi connectivity index (χ2v) is 5.73. The fourth-order valence-electron chi connectivity index (χ4n) is 2.14. The van der Waals surface area contributed by atoms with Gasteiger partial charge in [0.1, 0.15) is 0 Å². The number of nitrogens with one attached hydrogen (secondary N) is 2. The molecule has 0 aromatic heterocycles. The van der Waals surface area contributed by atoms with E-state index in [2.05, 4.69) is 24.5 Å². The largest absolute Gasteiger partial charge is 0.481 e. The highest BCUT2D eigenvalue weighted by atomic mass is 16.4. The van der Waals surface area contributed by atoms with E-state index in [-0.39, 0.29) is 18.4 Å². The predicted molar refractivity (Wildman–Crippen MR) is 83.7 cm³/mol. The molecule has 21 heavy (non-hydrogen) atoms. The molecule has 0 radical (unpaired) electrons. The smallest absolute Gasteiger partial charge is 0.319 e. The van der Waals surface area contributed by atoms with E-state index in [4.69, 9.17) is 5.11 Å². The number of carbonyl (C=O) groups is 2. The third kappa shape index (κ3) is 5.45. The lowest BCUT2D eigenvalue weighted by Gasteiger charge is -2.17. The lowest BCUT2D eigenvalue weighted by Crippen LogP contribution is -2.33. The maximum absolute atomic E-state index is 12.0. The van der Waals surface area contributed by atoms with Gasteiger partial charge in [0.05, 0.1) is 0 Å². The molecule has 5 nitrogen and oxygen atoms in total. The highest BCUT2D eigenvalue weighted by Gasteiger charge is 2.13. The number of hydrogen-bond donors (Lipinski definition) is 3. The van der Waals surface area contributed by atoms with Crippen molar-refractivity contribution in [2.24, 2.45) is 5.92 Å². The van der Waals surface area contributed by atoms with E-state index >= 15 is 0 Å². The van der Waals surface area contributed by atoms with Gasteiger partial charge in [-0.2, -0.15) is 0 Å². The molecule has 0 fully saturated rings. The summed E-state index contributed by atoms with van der Waals surface area (Å²) in [5.41, 5.74) is 2.93. The van der Waals surface area contributed by atoms with Crippen molar-refractivity contribution in [2.45, 2.75) is 40.0 Å². The van der Waals surface area contributed by atoms with Gasteiger partial charge in [0.25, 0.3) is 0 Å². The topological polar surface area (TPSA) is 78.4 Å². The molecule has 116 valence electrons. The molecule has 1 aromatic carbocycles. The van der Waals surface area contributed by atoms with Crippen LogP contribution in [0.15, 0.2) is 18.2 Å². The second-order valence-electron chi connectivity index (χ2n) is 5.73. The first kappa shape index (κ1) is 17.0. The van der Waals surface area contributed by atoms with E-state index < -0.39 is 5.97 Å². The van der Waals surface area contributed by atoms with Crippen molar-refractivity contribution in [1.29, 1.82) is 0 Å². The van der Waals surface area contributed by atoms with Gasteiger partial charge in [-0.05, 0) is 29.9 Å². The summed E-state index contributed by atoms with van der Waals surface area (Å²) < 4.78 is 0. The Kier molecular flexibility index (Phi) is 6.21. The first-order valence-electron chi connectivity index (χ1n) is 7.17. The number of aryl methyl sites for hydroxylation is 1. The first-order chi connectivity index (χ1) is 9.81. The number of carboxylic acids is 1. The van der Waals surface area contributed by atoms with Crippen molar-refractivity contribution < 1.29 is 14.7 Å². The van der Waals surface area contributed by atoms with Gasteiger partial charge in [-0.1, -0.05) is 39.0 Å². The summed E-state index contributed by atoms with van der Waals surface area (Å²) in [6.07, 6.45) is 0.0435. The molecule has 0 spiro atoms. The van der Waals surface area contributed by atoms with Crippen LogP contribution in [0.5, 0.6) is 0 Å². The van der Waals surface area contributed by atoms with Gasteiger partial charge >= 0.3 is 12.0 Å². The summed E-state index contributed by atoms with van der Waals surface area (Å²) in [6.45, 7) is 8.23. The molecule has 5 heteroatoms. The zero-order chi connectivity index (χ0) is 16.0. The van der Waals surface area contributed by atoms with Gasteiger partial charge in [-0.25, -0.2) is 4.79 Å². The van der Waals surface area contributed by atoms with Crippen LogP contribution in [0.3, 0.4) is 0 Å². The normalized spacial score (nSPS) is 12.0. The molecule has 0 saturated heterocycles. The fourth-order valence-corrected chi connectivity index (χ4v) is 2.14. The molecule has 0 aliphatic carbocycles. The van der Waals surface area contributed by atoms with Crippen LogP contribution in [0.1, 0.15) is 44.2 Å². The molecule has 0 aliphatic rings. The standard InChI is InChI=1S/C16H24N2O3/c1-10(2)13-7-5-6-12(4)15(13)18-16(21)17-9-11(3)8-14(19)20/h5-7,10-11H,8-9H2,1-4H3,(H,19,20)(H2,17,18,21). The molecular weight excluding hydrogens is 268 g/mol. The Labute approximate surface area is 125 Å². The van der Waals surface area contributed by atoms with Crippen LogP contribution in [0.2, 0.25) is 0 Å². The fraction of sp³-hybridized carbons (Fsp3) is 0.500. The molecule has 0 saturated carbocycles. The first-order valence-corrected chi connectivity index (χ1v) is 7.17. The van der Waals surface area contributed by atoms with E-state index in [0.717, 1.165) is 16.8 Å². The van der Waals surface area contributed by atoms with Crippen LogP contribution in [0.4, 0.5) is 10.5 Å². The third-order valence-electron chi connectivity index (χ3n) is 3.30. The van der Waals surface area contributed by atoms with Crippen LogP contribution in [0.25, 0.3) is 0 Å². The molecule has 0 heterocycles. The van der Waals surface area contributed by atoms with Crippen molar-refractivity contribution in [1.82, 2.24) is 5.32 Å². The zero-order valence-corrected chi connectivity index (χ0v) is 13.1. The molecule has 3 N–H and O–H groups in total. The van der Waals surface area contributed by atoms with Crippen molar-refractivity contribution in [3.63, 3.8) is 0 Å². The van der Waals surface area contributed by atoms with Gasteiger partial charge < -0.3 is 15.7 Å². The van der Waals surface area contributed by atoms with Crippen molar-refractivity contribution in [3.05, 3.63) is 29.3 Å². The van der Waals surface area contributed by atoms with Crippen molar-refractivity contribution >= 4 is 17.7 Å². The second kappa shape index (κ2) is 7.67. The summed E-state index contributed by atoms with van der Waals surface area (Å²) in [5.74, 6) is -0.647. The van der Waals surface area contributed by atoms with Crippen LogP contribution < -0.4 is 10.6 Å². The highest BCUT2D eigenvalue weighted by molar-refractivity contribution is 5.91. The number of para-hydroxylation sites is 1. The lowest BCUT2D eigenvalue weighted by atomic mass is 9.98. The van der Waals surface area contributed by atoms with Crippen molar-refractivity contribution in [2.75, 3.05) is 11.9 Å². The zero-order valence-electron chi connectivity index (χ0n) is 13.1. The summed E-state index contributed by atoms with van der Waals surface area (Å²) in [7, 11) is 0. The summed E-state index contributed by atoms with van der Waals surface area (Å²) in [6, 6.07) is 5.63. The maximum atomic E-state index is 12.0. The molecule has 2 amide bonds. The molecule has 1 unspecified atom stereocenters. The van der Waals surface area contributed by atoms with E-state index in [9.17, 15) is 9.59 Å². The predicted octanol–water partition coefficient (Wildman–Crippen LogP) is 3.35. The molecule has 0 bridgehead atoms. The minimum atomic E-state index is -0.856. The highest BCUT2D eigenvalue weighted by Crippen LogP contribution is 2.27. The Hall–Kier alpha value is -2.04. The molecule has 1 aromatic rings. The van der Waals surface area contributed by atoms with Gasteiger partial charge in [0.15, 0.2) is 0 Å². The lowest BCUT2D eigenvalue weighted by molar-refractivity contribution is -0.137. The van der Waals surface area contributed by atoms with Gasteiger partial charge in [0.2, 0.25) is 0 Å². The quantitative estimate of drug-likeness (QED) is 0.752. The summed E-state index contributed by atoms with van der Waals surface area (Å²) >= 11 is 0. The molecule has 1 atom stereocenters. The Morgan fingerprint density at radius 1 is 1.24 bits per heavy atom. The summed E-state index contributed by atoms with van der Waals surface area (Å²) in [4.78, 5) is 22.5. The monoisotopic (exact) mass is 292 g/mol. The number of urea groups is 1. The number of benzene rings is 1. The number of hydrogen-bond acceptors (Lipinski definition) is 2. The van der Waals surface area contributed by atoms with E-state index in [0.29, 0.717) is 12.5 Å². The molecular formula is C16H24N2O3. The maximum Gasteiger partial charge on any atom is 0.319 e. The average molecular weight is 292 g/mol. The minimum absolute atomic E-state index is 0.0435. The van der Waals surface area contributed by atoms with Crippen LogP contribution in [-0.2, 0) is 4.79 Å². The third-order valence-corrected chi connectivity index (χ3v) is 3.30. The van der Waals surface area contributed by atoms with Crippen molar-refractivity contribution in [3.8, 4) is 0 Å². The average Bonchev–Trinajstić information content (AvgIpc) is 2.37. The summed E-state index contributed by atoms with van der Waals surface area (Å²) in [5, 5.41) is 14.3. The van der Waals surface area contributed by atoms with Crippen LogP contribution in [0, 0.1) is 12.8 Å². The van der Waals surface area contributed by atoms with Gasteiger partial charge in [-0.15, -0.1) is 0 Å². The number of amides is 2. The number of carboxylic acid groups (broad SMARTS) is 1. The Bertz CT molecular complexity index is 512. The Morgan fingerprint density at radius 3 is 2.48 bits per heavy atom. The van der Waals surface area contributed by atoms with Gasteiger partial charge in [-0.3, -0.25) is 4.79 Å². The Balaban J connectivity index is 2.65. The number of carbonyl (C=O) groups excluding carboxylic acids is 1. The van der Waals surface area contributed by atoms with Gasteiger partial charge in [0, 0.05) is 18.7 Å². The van der Waals surface area contributed by atoms with E-state index in [1.807, 2.05) is 25.1 Å². The van der Waals surface area contributed by atoms with Crippen LogP contribution >= 0.6 is 0 Å². The number of anilines is 1. The van der Waals surface area contributed by atoms with Crippen LogP contribution in [-0.4, -0.2) is 23.7 Å². The Morgan fingerprint density at radius 2 is 1.90 bits per heavy atom. The number of aliphatic carboxylic acids is 1. The number of rotatable bonds is 6. The van der Waals surface area contributed by atoms with E-state index in [1.165, 1.54) is 0 Å².